The van der Waals surface area contributed by atoms with Gasteiger partial charge in [-0.15, -0.1) is 0 Å². The number of H-pyrrole nitrogens is 1. The predicted octanol–water partition coefficient (Wildman–Crippen LogP) is 1.42. The molecule has 122 valence electrons. The summed E-state index contributed by atoms with van der Waals surface area (Å²) < 4.78 is 4.73. The number of aromatic nitrogens is 1. The molecule has 3 rings (SSSR count). The molecule has 0 aliphatic carbocycles. The first-order valence-corrected chi connectivity index (χ1v) is 7.71. The van der Waals surface area contributed by atoms with Gasteiger partial charge < -0.3 is 20.4 Å². The zero-order chi connectivity index (χ0) is 16.6. The number of rotatable bonds is 3. The number of methoxy groups -OCH3 is 1. The van der Waals surface area contributed by atoms with Crippen LogP contribution in [0.5, 0.6) is 0 Å². The summed E-state index contributed by atoms with van der Waals surface area (Å²) in [5, 5.41) is 7.13. The molecule has 23 heavy (non-hydrogen) atoms. The Hall–Kier alpha value is -2.34. The number of amides is 1. The Kier molecular flexibility index (Phi) is 4.09. The highest BCUT2D eigenvalue weighted by molar-refractivity contribution is 6.06. The second-order valence-corrected chi connectivity index (χ2v) is 5.99. The molecule has 1 saturated heterocycles. The number of aryl methyl sites for hydroxylation is 2. The van der Waals surface area contributed by atoms with Gasteiger partial charge in [0.15, 0.2) is 0 Å². The number of esters is 1. The Morgan fingerprint density at radius 2 is 2.09 bits per heavy atom. The lowest BCUT2D eigenvalue weighted by molar-refractivity contribution is -0.142. The molecule has 1 aromatic carbocycles. The third kappa shape index (κ3) is 2.82. The molecule has 2 atom stereocenters. The summed E-state index contributed by atoms with van der Waals surface area (Å²) in [6, 6.07) is 5.28. The molecule has 0 radical (unpaired) electrons. The molecule has 1 aliphatic rings. The van der Waals surface area contributed by atoms with E-state index in [0.29, 0.717) is 18.5 Å². The molecule has 1 aromatic heterocycles. The van der Waals surface area contributed by atoms with Gasteiger partial charge in [0.25, 0.3) is 5.91 Å². The van der Waals surface area contributed by atoms with Crippen LogP contribution in [-0.4, -0.2) is 42.6 Å². The Bertz CT molecular complexity index is 766. The van der Waals surface area contributed by atoms with Crippen LogP contribution in [0.15, 0.2) is 18.2 Å². The minimum Gasteiger partial charge on any atom is -0.468 e. The van der Waals surface area contributed by atoms with Crippen molar-refractivity contribution < 1.29 is 14.3 Å². The average Bonchev–Trinajstić information content (AvgIpc) is 3.12. The number of carbonyl (C=O) groups excluding carboxylic acids is 2. The summed E-state index contributed by atoms with van der Waals surface area (Å²) in [6.07, 6.45) is 0.539. The van der Waals surface area contributed by atoms with E-state index in [1.54, 1.807) is 0 Å². The lowest BCUT2D eigenvalue weighted by atomic mass is 10.1. The van der Waals surface area contributed by atoms with Crippen LogP contribution >= 0.6 is 0 Å². The zero-order valence-electron chi connectivity index (χ0n) is 13.5. The SMILES string of the molecule is COC(=O)[C@H]1C[C@H](NC(=O)c2cccc3c(C)c(C)[nH]c23)CN1. The van der Waals surface area contributed by atoms with Crippen LogP contribution in [0.4, 0.5) is 0 Å². The molecular weight excluding hydrogens is 294 g/mol. The number of hydrogen-bond acceptors (Lipinski definition) is 4. The summed E-state index contributed by atoms with van der Waals surface area (Å²) in [4.78, 5) is 27.4. The average molecular weight is 315 g/mol. The first-order valence-electron chi connectivity index (χ1n) is 7.71. The van der Waals surface area contributed by atoms with Crippen molar-refractivity contribution in [1.82, 2.24) is 15.6 Å². The van der Waals surface area contributed by atoms with Crippen LogP contribution < -0.4 is 10.6 Å². The molecule has 0 saturated carbocycles. The molecule has 0 unspecified atom stereocenters. The van der Waals surface area contributed by atoms with E-state index in [1.165, 1.54) is 7.11 Å². The van der Waals surface area contributed by atoms with Gasteiger partial charge >= 0.3 is 5.97 Å². The molecule has 3 N–H and O–H groups in total. The number of hydrogen-bond donors (Lipinski definition) is 3. The molecular formula is C17H21N3O3. The van der Waals surface area contributed by atoms with Crippen LogP contribution in [0, 0.1) is 13.8 Å². The molecule has 6 heteroatoms. The fourth-order valence-electron chi connectivity index (χ4n) is 3.10. The van der Waals surface area contributed by atoms with Crippen LogP contribution in [0.1, 0.15) is 28.0 Å². The van der Waals surface area contributed by atoms with Crippen molar-refractivity contribution in [3.8, 4) is 0 Å². The quantitative estimate of drug-likeness (QED) is 0.748. The van der Waals surface area contributed by atoms with E-state index in [4.69, 9.17) is 4.74 Å². The van der Waals surface area contributed by atoms with Crippen LogP contribution in [-0.2, 0) is 9.53 Å². The molecule has 1 aliphatic heterocycles. The van der Waals surface area contributed by atoms with Gasteiger partial charge in [0, 0.05) is 23.7 Å². The maximum Gasteiger partial charge on any atom is 0.322 e. The van der Waals surface area contributed by atoms with Gasteiger partial charge in [0.1, 0.15) is 6.04 Å². The summed E-state index contributed by atoms with van der Waals surface area (Å²) >= 11 is 0. The molecule has 2 aromatic rings. The van der Waals surface area contributed by atoms with E-state index in [9.17, 15) is 9.59 Å². The van der Waals surface area contributed by atoms with Crippen molar-refractivity contribution in [1.29, 1.82) is 0 Å². The molecule has 0 bridgehead atoms. The summed E-state index contributed by atoms with van der Waals surface area (Å²) in [5.74, 6) is -0.423. The van der Waals surface area contributed by atoms with E-state index in [1.807, 2.05) is 32.0 Å². The highest BCUT2D eigenvalue weighted by atomic mass is 16.5. The van der Waals surface area contributed by atoms with Crippen molar-refractivity contribution in [2.45, 2.75) is 32.4 Å². The number of nitrogens with one attached hydrogen (secondary N) is 3. The molecule has 1 amide bonds. The van der Waals surface area contributed by atoms with E-state index in [0.717, 1.165) is 22.2 Å². The van der Waals surface area contributed by atoms with Gasteiger partial charge in [-0.1, -0.05) is 12.1 Å². The topological polar surface area (TPSA) is 83.2 Å². The molecule has 2 heterocycles. The van der Waals surface area contributed by atoms with Gasteiger partial charge in [-0.2, -0.15) is 0 Å². The van der Waals surface area contributed by atoms with Crippen molar-refractivity contribution in [2.75, 3.05) is 13.7 Å². The second-order valence-electron chi connectivity index (χ2n) is 5.99. The number of para-hydroxylation sites is 1. The maximum atomic E-state index is 12.6. The third-order valence-corrected chi connectivity index (χ3v) is 4.54. The lowest BCUT2D eigenvalue weighted by Crippen LogP contribution is -2.36. The Balaban J connectivity index is 1.77. The fourth-order valence-corrected chi connectivity index (χ4v) is 3.10. The van der Waals surface area contributed by atoms with Crippen molar-refractivity contribution in [3.05, 3.63) is 35.0 Å². The lowest BCUT2D eigenvalue weighted by Gasteiger charge is -2.12. The fraction of sp³-hybridized carbons (Fsp3) is 0.412. The van der Waals surface area contributed by atoms with Gasteiger partial charge in [0.2, 0.25) is 0 Å². The van der Waals surface area contributed by atoms with Crippen LogP contribution in [0.3, 0.4) is 0 Å². The number of fused-ring (bicyclic) bond motifs is 1. The third-order valence-electron chi connectivity index (χ3n) is 4.54. The Morgan fingerprint density at radius 3 is 2.83 bits per heavy atom. The first-order chi connectivity index (χ1) is 11.0. The van der Waals surface area contributed by atoms with Crippen LogP contribution in [0.25, 0.3) is 10.9 Å². The zero-order valence-corrected chi connectivity index (χ0v) is 13.5. The summed E-state index contributed by atoms with van der Waals surface area (Å²) in [5.41, 5.74) is 3.70. The predicted molar refractivity (Wildman–Crippen MR) is 87.5 cm³/mol. The molecule has 1 fully saturated rings. The largest absolute Gasteiger partial charge is 0.468 e. The van der Waals surface area contributed by atoms with Crippen LogP contribution in [0.2, 0.25) is 0 Å². The van der Waals surface area contributed by atoms with Crippen molar-refractivity contribution in [2.24, 2.45) is 0 Å². The van der Waals surface area contributed by atoms with Gasteiger partial charge in [0.05, 0.1) is 18.2 Å². The summed E-state index contributed by atoms with van der Waals surface area (Å²) in [6.45, 7) is 4.60. The van der Waals surface area contributed by atoms with E-state index in [2.05, 4.69) is 15.6 Å². The maximum absolute atomic E-state index is 12.6. The van der Waals surface area contributed by atoms with E-state index in [-0.39, 0.29) is 24.0 Å². The van der Waals surface area contributed by atoms with Crippen molar-refractivity contribution in [3.63, 3.8) is 0 Å². The Morgan fingerprint density at radius 1 is 1.30 bits per heavy atom. The number of ether oxygens (including phenoxy) is 1. The normalized spacial score (nSPS) is 20.7. The second kappa shape index (κ2) is 6.04. The monoisotopic (exact) mass is 315 g/mol. The smallest absolute Gasteiger partial charge is 0.322 e. The molecule has 6 nitrogen and oxygen atoms in total. The van der Waals surface area contributed by atoms with E-state index < -0.39 is 0 Å². The standard InChI is InChI=1S/C17H21N3O3/c1-9-10(2)19-15-12(9)5-4-6-13(15)16(21)20-11-7-14(18-8-11)17(22)23-3/h4-6,11,14,18-19H,7-8H2,1-3H3,(H,20,21)/t11-,14+/m0/s1. The minimum absolute atomic E-state index is 0.0842. The van der Waals surface area contributed by atoms with Gasteiger partial charge in [-0.3, -0.25) is 9.59 Å². The Labute approximate surface area is 134 Å². The van der Waals surface area contributed by atoms with Crippen molar-refractivity contribution >= 4 is 22.8 Å². The van der Waals surface area contributed by atoms with Gasteiger partial charge in [-0.25, -0.2) is 0 Å². The number of aromatic amines is 1. The number of carbonyl (C=O) groups is 2. The summed E-state index contributed by atoms with van der Waals surface area (Å²) in [7, 11) is 1.37. The minimum atomic E-state index is -0.351. The highest BCUT2D eigenvalue weighted by Crippen LogP contribution is 2.24. The highest BCUT2D eigenvalue weighted by Gasteiger charge is 2.31. The van der Waals surface area contributed by atoms with E-state index >= 15 is 0 Å². The number of benzene rings is 1. The van der Waals surface area contributed by atoms with Gasteiger partial charge in [-0.05, 0) is 31.9 Å². The molecule has 0 spiro atoms. The first kappa shape index (κ1) is 15.6.